The molecular weight excluding hydrogens is 278 g/mol. The lowest BCUT2D eigenvalue weighted by Crippen LogP contribution is -2.34. The Hall–Kier alpha value is -1.82. The highest BCUT2D eigenvalue weighted by Gasteiger charge is 2.28. The van der Waals surface area contributed by atoms with Crippen LogP contribution in [-0.2, 0) is 14.6 Å². The number of carbonyl (C=O) groups excluding carboxylic acids is 1. The smallest absolute Gasteiger partial charge is 0.244 e. The normalized spacial score (nSPS) is 20.9. The average molecular weight is 295 g/mol. The van der Waals surface area contributed by atoms with Crippen molar-refractivity contribution >= 4 is 21.8 Å². The molecule has 1 aromatic rings. The molecule has 0 aromatic heterocycles. The number of sulfone groups is 1. The third-order valence-electron chi connectivity index (χ3n) is 3.10. The van der Waals surface area contributed by atoms with Gasteiger partial charge in [0.15, 0.2) is 9.84 Å². The Morgan fingerprint density at radius 3 is 2.90 bits per heavy atom. The first-order valence-corrected chi connectivity index (χ1v) is 8.14. The molecule has 108 valence electrons. The summed E-state index contributed by atoms with van der Waals surface area (Å²) < 4.78 is 27.7. The van der Waals surface area contributed by atoms with E-state index in [9.17, 15) is 13.2 Å². The van der Waals surface area contributed by atoms with E-state index in [-0.39, 0.29) is 23.5 Å². The first kappa shape index (κ1) is 14.6. The number of benzene rings is 1. The molecule has 20 heavy (non-hydrogen) atoms. The minimum atomic E-state index is -2.97. The van der Waals surface area contributed by atoms with Crippen molar-refractivity contribution in [3.8, 4) is 5.75 Å². The fourth-order valence-electron chi connectivity index (χ4n) is 2.08. The minimum Gasteiger partial charge on any atom is -0.497 e. The topological polar surface area (TPSA) is 72.5 Å². The fourth-order valence-corrected chi connectivity index (χ4v) is 3.75. The number of hydrogen-bond acceptors (Lipinski definition) is 4. The molecular formula is C14H17NO4S. The van der Waals surface area contributed by atoms with Gasteiger partial charge in [-0.3, -0.25) is 4.79 Å². The van der Waals surface area contributed by atoms with Gasteiger partial charge in [0.05, 0.1) is 18.6 Å². The van der Waals surface area contributed by atoms with Gasteiger partial charge in [0, 0.05) is 12.1 Å². The second-order valence-corrected chi connectivity index (χ2v) is 6.95. The van der Waals surface area contributed by atoms with Gasteiger partial charge in [-0.15, -0.1) is 0 Å². The maximum Gasteiger partial charge on any atom is 0.244 e. The van der Waals surface area contributed by atoms with Gasteiger partial charge >= 0.3 is 0 Å². The van der Waals surface area contributed by atoms with E-state index in [1.807, 2.05) is 24.3 Å². The molecule has 6 heteroatoms. The van der Waals surface area contributed by atoms with Crippen LogP contribution in [0.1, 0.15) is 12.0 Å². The zero-order valence-corrected chi connectivity index (χ0v) is 12.0. The van der Waals surface area contributed by atoms with Crippen molar-refractivity contribution < 1.29 is 17.9 Å². The summed E-state index contributed by atoms with van der Waals surface area (Å²) in [5.74, 6) is 0.618. The van der Waals surface area contributed by atoms with Crippen molar-refractivity contribution in [3.05, 3.63) is 35.9 Å². The molecule has 1 unspecified atom stereocenters. The zero-order chi connectivity index (χ0) is 14.6. The second-order valence-electron chi connectivity index (χ2n) is 4.72. The molecule has 0 radical (unpaired) electrons. The first-order chi connectivity index (χ1) is 9.48. The zero-order valence-electron chi connectivity index (χ0n) is 11.2. The SMILES string of the molecule is COc1cccc(/C=C/C(=O)NC2CCS(=O)(=O)C2)c1. The standard InChI is InChI=1S/C14H17NO4S/c1-19-13-4-2-3-11(9-13)5-6-14(16)15-12-7-8-20(17,18)10-12/h2-6,9,12H,7-8,10H2,1H3,(H,15,16)/b6-5+. The van der Waals surface area contributed by atoms with Crippen LogP contribution in [0.3, 0.4) is 0 Å². The van der Waals surface area contributed by atoms with Gasteiger partial charge in [0.1, 0.15) is 5.75 Å². The number of methoxy groups -OCH3 is 1. The number of amides is 1. The molecule has 1 fully saturated rings. The molecule has 5 nitrogen and oxygen atoms in total. The van der Waals surface area contributed by atoms with Crippen molar-refractivity contribution in [1.29, 1.82) is 0 Å². The molecule has 1 saturated heterocycles. The van der Waals surface area contributed by atoms with Crippen LogP contribution in [0.4, 0.5) is 0 Å². The largest absolute Gasteiger partial charge is 0.497 e. The van der Waals surface area contributed by atoms with E-state index in [2.05, 4.69) is 5.32 Å². The summed E-state index contributed by atoms with van der Waals surface area (Å²) in [7, 11) is -1.39. The highest BCUT2D eigenvalue weighted by Crippen LogP contribution is 2.14. The van der Waals surface area contributed by atoms with Crippen LogP contribution in [0.15, 0.2) is 30.3 Å². The van der Waals surface area contributed by atoms with Crippen LogP contribution >= 0.6 is 0 Å². The highest BCUT2D eigenvalue weighted by atomic mass is 32.2. The van der Waals surface area contributed by atoms with E-state index in [4.69, 9.17) is 4.74 Å². The Morgan fingerprint density at radius 2 is 2.25 bits per heavy atom. The molecule has 2 rings (SSSR count). The van der Waals surface area contributed by atoms with Crippen molar-refractivity contribution in [2.75, 3.05) is 18.6 Å². The summed E-state index contributed by atoms with van der Waals surface area (Å²) in [5.41, 5.74) is 0.846. The van der Waals surface area contributed by atoms with E-state index in [0.717, 1.165) is 11.3 Å². The van der Waals surface area contributed by atoms with Crippen LogP contribution < -0.4 is 10.1 Å². The molecule has 1 N–H and O–H groups in total. The number of rotatable bonds is 4. The van der Waals surface area contributed by atoms with Gasteiger partial charge in [0.25, 0.3) is 0 Å². The summed E-state index contributed by atoms with van der Waals surface area (Å²) in [4.78, 5) is 11.7. The number of hydrogen-bond donors (Lipinski definition) is 1. The Kier molecular flexibility index (Phi) is 4.44. The Morgan fingerprint density at radius 1 is 1.45 bits per heavy atom. The van der Waals surface area contributed by atoms with E-state index >= 15 is 0 Å². The first-order valence-electron chi connectivity index (χ1n) is 6.31. The lowest BCUT2D eigenvalue weighted by Gasteiger charge is -2.07. The van der Waals surface area contributed by atoms with Gasteiger partial charge < -0.3 is 10.1 Å². The van der Waals surface area contributed by atoms with Crippen LogP contribution in [0.5, 0.6) is 5.75 Å². The van der Waals surface area contributed by atoms with Crippen molar-refractivity contribution in [1.82, 2.24) is 5.32 Å². The van der Waals surface area contributed by atoms with Gasteiger partial charge in [0.2, 0.25) is 5.91 Å². The van der Waals surface area contributed by atoms with Gasteiger partial charge in [-0.1, -0.05) is 12.1 Å². The molecule has 1 aliphatic rings. The minimum absolute atomic E-state index is 0.0335. The number of nitrogens with one attached hydrogen (secondary N) is 1. The molecule has 0 saturated carbocycles. The van der Waals surface area contributed by atoms with Crippen LogP contribution in [0.2, 0.25) is 0 Å². The summed E-state index contributed by atoms with van der Waals surface area (Å²) in [6.07, 6.45) is 3.56. The summed E-state index contributed by atoms with van der Waals surface area (Å²) in [6, 6.07) is 7.04. The van der Waals surface area contributed by atoms with Gasteiger partial charge in [-0.05, 0) is 30.2 Å². The van der Waals surface area contributed by atoms with Crippen molar-refractivity contribution in [2.24, 2.45) is 0 Å². The molecule has 1 aliphatic heterocycles. The van der Waals surface area contributed by atoms with E-state index < -0.39 is 9.84 Å². The van der Waals surface area contributed by atoms with Crippen molar-refractivity contribution in [3.63, 3.8) is 0 Å². The molecule has 1 amide bonds. The molecule has 0 spiro atoms. The van der Waals surface area contributed by atoms with Crippen LogP contribution in [0, 0.1) is 0 Å². The van der Waals surface area contributed by atoms with Crippen molar-refractivity contribution in [2.45, 2.75) is 12.5 Å². The third kappa shape index (κ3) is 4.09. The van der Waals surface area contributed by atoms with E-state index in [1.165, 1.54) is 6.08 Å². The molecule has 1 atom stereocenters. The lowest BCUT2D eigenvalue weighted by atomic mass is 10.2. The molecule has 1 heterocycles. The monoisotopic (exact) mass is 295 g/mol. The van der Waals surface area contributed by atoms with Gasteiger partial charge in [-0.2, -0.15) is 0 Å². The molecule has 1 aromatic carbocycles. The van der Waals surface area contributed by atoms with E-state index in [1.54, 1.807) is 13.2 Å². The van der Waals surface area contributed by atoms with Gasteiger partial charge in [-0.25, -0.2) is 8.42 Å². The molecule has 0 bridgehead atoms. The van der Waals surface area contributed by atoms with Crippen LogP contribution in [0.25, 0.3) is 6.08 Å². The Labute approximate surface area is 118 Å². The highest BCUT2D eigenvalue weighted by molar-refractivity contribution is 7.91. The van der Waals surface area contributed by atoms with Crippen LogP contribution in [-0.4, -0.2) is 39.0 Å². The number of carbonyl (C=O) groups is 1. The summed E-state index contributed by atoms with van der Waals surface area (Å²) >= 11 is 0. The summed E-state index contributed by atoms with van der Waals surface area (Å²) in [5, 5.41) is 2.70. The van der Waals surface area contributed by atoms with E-state index in [0.29, 0.717) is 6.42 Å². The Balaban J connectivity index is 1.92. The lowest BCUT2D eigenvalue weighted by molar-refractivity contribution is -0.116. The predicted octanol–water partition coefficient (Wildman–Crippen LogP) is 1.01. The average Bonchev–Trinajstić information content (AvgIpc) is 2.76. The maximum atomic E-state index is 11.7. The summed E-state index contributed by atoms with van der Waals surface area (Å²) in [6.45, 7) is 0. The second kappa shape index (κ2) is 6.09. The maximum absolute atomic E-state index is 11.7. The quantitative estimate of drug-likeness (QED) is 0.842. The fraction of sp³-hybridized carbons (Fsp3) is 0.357. The third-order valence-corrected chi connectivity index (χ3v) is 4.87. The predicted molar refractivity (Wildman–Crippen MR) is 77.2 cm³/mol. The number of ether oxygens (including phenoxy) is 1. The molecule has 0 aliphatic carbocycles. The Bertz CT molecular complexity index is 622.